The van der Waals surface area contributed by atoms with Crippen LogP contribution in [0.15, 0.2) is 24.3 Å². The molecule has 0 spiro atoms. The second-order valence-corrected chi connectivity index (χ2v) is 6.30. The van der Waals surface area contributed by atoms with Crippen LogP contribution in [-0.2, 0) is 17.8 Å². The number of hydrogen-bond donors (Lipinski definition) is 1. The van der Waals surface area contributed by atoms with E-state index < -0.39 is 0 Å². The lowest BCUT2D eigenvalue weighted by Crippen LogP contribution is -2.37. The number of amides is 1. The minimum absolute atomic E-state index is 0.0423. The van der Waals surface area contributed by atoms with Gasteiger partial charge >= 0.3 is 0 Å². The first kappa shape index (κ1) is 13.1. The third kappa shape index (κ3) is 2.92. The number of fused-ring (bicyclic) bond motifs is 1. The number of carbonyl (C=O) groups excluding carboxylic acids is 1. The molecule has 1 N–H and O–H groups in total. The molecule has 0 radical (unpaired) electrons. The molecule has 0 saturated heterocycles. The molecule has 98 valence electrons. The fourth-order valence-corrected chi connectivity index (χ4v) is 2.73. The number of carbonyl (C=O) groups is 1. The Morgan fingerprint density at radius 3 is 2.50 bits per heavy atom. The molecule has 1 amide bonds. The highest BCUT2D eigenvalue weighted by Gasteiger charge is 2.31. The number of nitrogens with one attached hydrogen (secondary N) is 1. The first-order valence-corrected chi connectivity index (χ1v) is 6.83. The Balaban J connectivity index is 2.19. The highest BCUT2D eigenvalue weighted by Crippen LogP contribution is 2.31. The van der Waals surface area contributed by atoms with Gasteiger partial charge in [-0.05, 0) is 35.8 Å². The number of rotatable bonds is 0. The maximum atomic E-state index is 12.3. The van der Waals surface area contributed by atoms with Crippen LogP contribution in [-0.4, -0.2) is 5.91 Å². The summed E-state index contributed by atoms with van der Waals surface area (Å²) in [4.78, 5) is 12.3. The van der Waals surface area contributed by atoms with Crippen LogP contribution in [0.25, 0.3) is 0 Å². The number of aryl methyl sites for hydroxylation is 1. The minimum atomic E-state index is 0.0423. The van der Waals surface area contributed by atoms with Gasteiger partial charge in [-0.25, -0.2) is 0 Å². The zero-order valence-electron chi connectivity index (χ0n) is 11.6. The smallest absolute Gasteiger partial charge is 0.223 e. The van der Waals surface area contributed by atoms with Crippen molar-refractivity contribution in [3.05, 3.63) is 35.4 Å². The van der Waals surface area contributed by atoms with Crippen molar-refractivity contribution in [1.82, 2.24) is 5.32 Å². The summed E-state index contributed by atoms with van der Waals surface area (Å²) in [5, 5.41) is 3.10. The van der Waals surface area contributed by atoms with Crippen molar-refractivity contribution in [3.8, 4) is 0 Å². The van der Waals surface area contributed by atoms with Crippen LogP contribution >= 0.6 is 0 Å². The van der Waals surface area contributed by atoms with E-state index in [-0.39, 0.29) is 17.2 Å². The van der Waals surface area contributed by atoms with Crippen molar-refractivity contribution >= 4 is 5.91 Å². The predicted molar refractivity (Wildman–Crippen MR) is 74.2 cm³/mol. The quantitative estimate of drug-likeness (QED) is 0.746. The molecule has 0 aromatic heterocycles. The van der Waals surface area contributed by atoms with E-state index in [0.717, 1.165) is 19.3 Å². The summed E-state index contributed by atoms with van der Waals surface area (Å²) in [5.74, 6) is 0.325. The average Bonchev–Trinajstić information content (AvgIpc) is 2.38. The molecule has 0 bridgehead atoms. The van der Waals surface area contributed by atoms with Crippen molar-refractivity contribution in [2.45, 2.75) is 46.6 Å². The molecule has 1 atom stereocenters. The molecule has 1 aliphatic rings. The average molecular weight is 245 g/mol. The second-order valence-electron chi connectivity index (χ2n) is 6.30. The van der Waals surface area contributed by atoms with Gasteiger partial charge in [0, 0.05) is 12.5 Å². The standard InChI is InChI=1S/C16H23NO/c1-16(2,3)14-10-6-9-12-7-4-5-8-13(12)11-17-15(14)18/h4-5,7-8,14H,6,9-11H2,1-3H3,(H,17,18). The van der Waals surface area contributed by atoms with Gasteiger partial charge < -0.3 is 5.32 Å². The normalized spacial score (nSPS) is 21.3. The molecular formula is C16H23NO. The van der Waals surface area contributed by atoms with Gasteiger partial charge in [0.05, 0.1) is 0 Å². The van der Waals surface area contributed by atoms with Gasteiger partial charge in [-0.2, -0.15) is 0 Å². The van der Waals surface area contributed by atoms with Crippen LogP contribution in [0.1, 0.15) is 44.7 Å². The lowest BCUT2D eigenvalue weighted by molar-refractivity contribution is -0.128. The summed E-state index contributed by atoms with van der Waals surface area (Å²) in [6.07, 6.45) is 3.15. The number of benzene rings is 1. The monoisotopic (exact) mass is 245 g/mol. The molecule has 1 aliphatic heterocycles. The number of hydrogen-bond acceptors (Lipinski definition) is 1. The summed E-state index contributed by atoms with van der Waals surface area (Å²) in [6, 6.07) is 8.43. The Morgan fingerprint density at radius 2 is 1.83 bits per heavy atom. The van der Waals surface area contributed by atoms with E-state index in [9.17, 15) is 4.79 Å². The van der Waals surface area contributed by atoms with Gasteiger partial charge in [-0.3, -0.25) is 4.79 Å². The maximum Gasteiger partial charge on any atom is 0.223 e. The van der Waals surface area contributed by atoms with Crippen molar-refractivity contribution < 1.29 is 4.79 Å². The van der Waals surface area contributed by atoms with Crippen LogP contribution in [0.5, 0.6) is 0 Å². The van der Waals surface area contributed by atoms with Crippen LogP contribution in [0, 0.1) is 11.3 Å². The molecule has 2 heteroatoms. The van der Waals surface area contributed by atoms with Crippen LogP contribution in [0.3, 0.4) is 0 Å². The van der Waals surface area contributed by atoms with Gasteiger partial charge in [0.1, 0.15) is 0 Å². The Bertz CT molecular complexity index is 431. The third-order valence-corrected chi connectivity index (χ3v) is 3.87. The van der Waals surface area contributed by atoms with E-state index in [1.807, 2.05) is 6.07 Å². The van der Waals surface area contributed by atoms with Crippen LogP contribution < -0.4 is 5.32 Å². The van der Waals surface area contributed by atoms with E-state index in [1.165, 1.54) is 11.1 Å². The summed E-state index contributed by atoms with van der Waals surface area (Å²) in [5.41, 5.74) is 2.69. The zero-order valence-corrected chi connectivity index (χ0v) is 11.6. The SMILES string of the molecule is CC(C)(C)C1CCCc2ccccc2CNC1=O. The fraction of sp³-hybridized carbons (Fsp3) is 0.562. The van der Waals surface area contributed by atoms with Crippen LogP contribution in [0.2, 0.25) is 0 Å². The van der Waals surface area contributed by atoms with Crippen molar-refractivity contribution in [3.63, 3.8) is 0 Å². The zero-order chi connectivity index (χ0) is 13.2. The fourth-order valence-electron chi connectivity index (χ4n) is 2.73. The Labute approximate surface area is 110 Å². The molecule has 18 heavy (non-hydrogen) atoms. The molecular weight excluding hydrogens is 222 g/mol. The highest BCUT2D eigenvalue weighted by atomic mass is 16.1. The highest BCUT2D eigenvalue weighted by molar-refractivity contribution is 5.79. The molecule has 2 nitrogen and oxygen atoms in total. The summed E-state index contributed by atoms with van der Waals surface area (Å²) < 4.78 is 0. The summed E-state index contributed by atoms with van der Waals surface area (Å²) in [6.45, 7) is 7.13. The van der Waals surface area contributed by atoms with Crippen LogP contribution in [0.4, 0.5) is 0 Å². The van der Waals surface area contributed by atoms with E-state index in [0.29, 0.717) is 6.54 Å². The predicted octanol–water partition coefficient (Wildman–Crippen LogP) is 3.30. The molecule has 2 rings (SSSR count). The first-order valence-electron chi connectivity index (χ1n) is 6.83. The van der Waals surface area contributed by atoms with Crippen molar-refractivity contribution in [2.24, 2.45) is 11.3 Å². The lowest BCUT2D eigenvalue weighted by atomic mass is 9.77. The first-order chi connectivity index (χ1) is 8.48. The second kappa shape index (κ2) is 5.13. The molecule has 0 saturated carbocycles. The largest absolute Gasteiger partial charge is 0.352 e. The summed E-state index contributed by atoms with van der Waals surface area (Å²) >= 11 is 0. The van der Waals surface area contributed by atoms with Gasteiger partial charge in [-0.1, -0.05) is 45.0 Å². The topological polar surface area (TPSA) is 29.1 Å². The van der Waals surface area contributed by atoms with Gasteiger partial charge in [0.25, 0.3) is 0 Å². The molecule has 1 aromatic rings. The van der Waals surface area contributed by atoms with Gasteiger partial charge in [0.15, 0.2) is 0 Å². The Morgan fingerprint density at radius 1 is 1.17 bits per heavy atom. The van der Waals surface area contributed by atoms with Crippen molar-refractivity contribution in [2.75, 3.05) is 0 Å². The van der Waals surface area contributed by atoms with Gasteiger partial charge in [-0.15, -0.1) is 0 Å². The third-order valence-electron chi connectivity index (χ3n) is 3.87. The van der Waals surface area contributed by atoms with E-state index in [2.05, 4.69) is 44.3 Å². The Hall–Kier alpha value is -1.31. The Kier molecular flexibility index (Phi) is 3.74. The molecule has 1 heterocycles. The van der Waals surface area contributed by atoms with Crippen molar-refractivity contribution in [1.29, 1.82) is 0 Å². The van der Waals surface area contributed by atoms with E-state index in [4.69, 9.17) is 0 Å². The molecule has 1 unspecified atom stereocenters. The molecule has 0 fully saturated rings. The molecule has 0 aliphatic carbocycles. The molecule has 1 aromatic carbocycles. The maximum absolute atomic E-state index is 12.3. The van der Waals surface area contributed by atoms with E-state index in [1.54, 1.807) is 0 Å². The van der Waals surface area contributed by atoms with E-state index >= 15 is 0 Å². The minimum Gasteiger partial charge on any atom is -0.352 e. The van der Waals surface area contributed by atoms with Gasteiger partial charge in [0.2, 0.25) is 5.91 Å². The lowest BCUT2D eigenvalue weighted by Gasteiger charge is -2.29. The summed E-state index contributed by atoms with van der Waals surface area (Å²) in [7, 11) is 0.